The monoisotopic (exact) mass is 332 g/mol. The summed E-state index contributed by atoms with van der Waals surface area (Å²) in [6.07, 6.45) is 7.53. The molecule has 1 N–H and O–H groups in total. The highest BCUT2D eigenvalue weighted by Gasteiger charge is 2.32. The lowest BCUT2D eigenvalue weighted by Crippen LogP contribution is -2.41. The van der Waals surface area contributed by atoms with Crippen LogP contribution in [0.4, 0.5) is 16.3 Å². The maximum Gasteiger partial charge on any atom is 0.412 e. The molecule has 1 aromatic heterocycles. The molecule has 2 heterocycles. The number of nitrogens with zero attached hydrogens (tertiary/aromatic N) is 3. The van der Waals surface area contributed by atoms with Gasteiger partial charge in [0, 0.05) is 19.0 Å². The summed E-state index contributed by atoms with van der Waals surface area (Å²) in [7, 11) is 0. The minimum atomic E-state index is -0.581. The van der Waals surface area contributed by atoms with E-state index in [4.69, 9.17) is 4.74 Å². The second-order valence-corrected chi connectivity index (χ2v) is 7.22. The number of fused-ring (bicyclic) bond motifs is 1. The van der Waals surface area contributed by atoms with Gasteiger partial charge in [-0.2, -0.15) is 5.10 Å². The van der Waals surface area contributed by atoms with Crippen LogP contribution in [0.3, 0.4) is 0 Å². The van der Waals surface area contributed by atoms with Gasteiger partial charge in [0.25, 0.3) is 0 Å². The van der Waals surface area contributed by atoms with Gasteiger partial charge in [-0.1, -0.05) is 12.2 Å². The first-order valence-corrected chi connectivity index (χ1v) is 8.37. The van der Waals surface area contributed by atoms with Crippen LogP contribution in [0.25, 0.3) is 0 Å². The number of ether oxygens (including phenoxy) is 1. The van der Waals surface area contributed by atoms with Crippen molar-refractivity contribution in [2.24, 2.45) is 5.92 Å². The number of anilines is 2. The lowest BCUT2D eigenvalue weighted by molar-refractivity contribution is -0.122. The number of carbonyl (C=O) groups excluding carboxylic acids is 2. The molecule has 2 amide bonds. The van der Waals surface area contributed by atoms with E-state index in [1.54, 1.807) is 15.8 Å². The zero-order valence-electron chi connectivity index (χ0n) is 14.4. The topological polar surface area (TPSA) is 76.5 Å². The molecule has 24 heavy (non-hydrogen) atoms. The molecule has 1 aliphatic heterocycles. The second-order valence-electron chi connectivity index (χ2n) is 7.22. The molecule has 0 atom stereocenters. The highest BCUT2D eigenvalue weighted by atomic mass is 16.6. The van der Waals surface area contributed by atoms with Crippen LogP contribution in [-0.4, -0.2) is 33.9 Å². The molecular weight excluding hydrogens is 308 g/mol. The first kappa shape index (κ1) is 16.5. The van der Waals surface area contributed by atoms with Crippen molar-refractivity contribution in [1.82, 2.24) is 9.78 Å². The van der Waals surface area contributed by atoms with Crippen molar-refractivity contribution in [3.05, 3.63) is 18.3 Å². The summed E-state index contributed by atoms with van der Waals surface area (Å²) >= 11 is 0. The second kappa shape index (κ2) is 6.30. The Labute approximate surface area is 141 Å². The molecule has 0 fully saturated rings. The summed E-state index contributed by atoms with van der Waals surface area (Å²) in [5.41, 5.74) is -0.0641. The van der Waals surface area contributed by atoms with Crippen LogP contribution >= 0.6 is 0 Å². The van der Waals surface area contributed by atoms with Gasteiger partial charge in [-0.15, -0.1) is 0 Å². The number of rotatable bonds is 2. The average Bonchev–Trinajstić information content (AvgIpc) is 3.14. The Balaban J connectivity index is 1.80. The first-order valence-electron chi connectivity index (χ1n) is 8.37. The zero-order valence-corrected chi connectivity index (χ0v) is 14.4. The van der Waals surface area contributed by atoms with E-state index in [0.717, 1.165) is 25.8 Å². The van der Waals surface area contributed by atoms with Crippen LogP contribution in [-0.2, 0) is 16.1 Å². The number of hydrogen-bond donors (Lipinski definition) is 1. The fourth-order valence-corrected chi connectivity index (χ4v) is 3.07. The lowest BCUT2D eigenvalue weighted by Gasteiger charge is -2.31. The van der Waals surface area contributed by atoms with E-state index < -0.39 is 11.7 Å². The number of aromatic nitrogens is 2. The zero-order chi connectivity index (χ0) is 17.3. The third-order valence-corrected chi connectivity index (χ3v) is 4.08. The number of nitrogens with one attached hydrogen (secondary N) is 1. The van der Waals surface area contributed by atoms with E-state index in [1.807, 2.05) is 32.9 Å². The van der Waals surface area contributed by atoms with E-state index in [1.165, 1.54) is 0 Å². The summed E-state index contributed by atoms with van der Waals surface area (Å²) < 4.78 is 7.07. The Bertz CT molecular complexity index is 664. The van der Waals surface area contributed by atoms with Crippen molar-refractivity contribution in [2.45, 2.75) is 52.2 Å². The van der Waals surface area contributed by atoms with Crippen LogP contribution in [0, 0.1) is 5.92 Å². The third kappa shape index (κ3) is 3.44. The summed E-state index contributed by atoms with van der Waals surface area (Å²) in [5.74, 6) is 0.735. The van der Waals surface area contributed by atoms with Crippen molar-refractivity contribution in [1.29, 1.82) is 0 Å². The summed E-state index contributed by atoms with van der Waals surface area (Å²) in [6, 6.07) is 0. The van der Waals surface area contributed by atoms with Gasteiger partial charge >= 0.3 is 6.09 Å². The molecule has 0 saturated heterocycles. The Morgan fingerprint density at radius 3 is 2.62 bits per heavy atom. The third-order valence-electron chi connectivity index (χ3n) is 4.08. The molecule has 0 unspecified atom stereocenters. The highest BCUT2D eigenvalue weighted by Crippen LogP contribution is 2.33. The van der Waals surface area contributed by atoms with E-state index in [0.29, 0.717) is 18.1 Å². The molecule has 1 aromatic rings. The summed E-state index contributed by atoms with van der Waals surface area (Å²) in [6.45, 7) is 6.80. The molecule has 1 aliphatic carbocycles. The van der Waals surface area contributed by atoms with Gasteiger partial charge < -0.3 is 4.74 Å². The van der Waals surface area contributed by atoms with E-state index in [2.05, 4.69) is 10.4 Å². The predicted octanol–water partition coefficient (Wildman–Crippen LogP) is 2.93. The fourth-order valence-electron chi connectivity index (χ4n) is 3.07. The van der Waals surface area contributed by atoms with Crippen molar-refractivity contribution in [3.8, 4) is 0 Å². The van der Waals surface area contributed by atoms with Gasteiger partial charge in [0.2, 0.25) is 5.91 Å². The molecule has 2 aliphatic rings. The maximum atomic E-state index is 12.8. The minimum absolute atomic E-state index is 0.0131. The van der Waals surface area contributed by atoms with Crippen LogP contribution in [0.5, 0.6) is 0 Å². The Morgan fingerprint density at radius 1 is 1.25 bits per heavy atom. The van der Waals surface area contributed by atoms with Crippen LogP contribution in [0.1, 0.15) is 40.0 Å². The van der Waals surface area contributed by atoms with Gasteiger partial charge in [0.1, 0.15) is 11.3 Å². The van der Waals surface area contributed by atoms with E-state index >= 15 is 0 Å². The molecule has 7 nitrogen and oxygen atoms in total. The van der Waals surface area contributed by atoms with E-state index in [9.17, 15) is 9.59 Å². The van der Waals surface area contributed by atoms with Gasteiger partial charge in [0.05, 0.1) is 6.20 Å². The highest BCUT2D eigenvalue weighted by molar-refractivity contribution is 6.00. The molecule has 3 rings (SSSR count). The molecule has 0 radical (unpaired) electrons. The van der Waals surface area contributed by atoms with Crippen molar-refractivity contribution >= 4 is 23.5 Å². The normalized spacial score (nSPS) is 17.7. The molecule has 0 bridgehead atoms. The first-order chi connectivity index (χ1) is 11.3. The molecule has 0 spiro atoms. The van der Waals surface area contributed by atoms with Gasteiger partial charge in [0.15, 0.2) is 5.82 Å². The number of amides is 2. The molecular formula is C17H24N4O3. The SMILES string of the molecule is CC(C)(C)OC(=O)Nc1cnn2c1N(C(=O)C1CC=CC1)CCC2. The smallest absolute Gasteiger partial charge is 0.412 e. The standard InChI is InChI=1S/C17H24N4O3/c1-17(2,3)24-16(23)19-13-11-18-21-10-6-9-20(14(13)21)15(22)12-7-4-5-8-12/h4-5,11-12H,6-10H2,1-3H3,(H,19,23). The Morgan fingerprint density at radius 2 is 1.96 bits per heavy atom. The average molecular weight is 332 g/mol. The van der Waals surface area contributed by atoms with Crippen LogP contribution in [0.15, 0.2) is 18.3 Å². The molecule has 0 saturated carbocycles. The number of hydrogen-bond acceptors (Lipinski definition) is 4. The van der Waals surface area contributed by atoms with Crippen LogP contribution < -0.4 is 10.2 Å². The van der Waals surface area contributed by atoms with E-state index in [-0.39, 0.29) is 11.8 Å². The molecule has 130 valence electrons. The maximum absolute atomic E-state index is 12.8. The fraction of sp³-hybridized carbons (Fsp3) is 0.588. The van der Waals surface area contributed by atoms with Crippen molar-refractivity contribution in [3.63, 3.8) is 0 Å². The molecule has 7 heteroatoms. The number of allylic oxidation sites excluding steroid dienone is 2. The number of carbonyl (C=O) groups is 2. The van der Waals surface area contributed by atoms with Gasteiger partial charge in [-0.3, -0.25) is 15.0 Å². The van der Waals surface area contributed by atoms with Gasteiger partial charge in [-0.05, 0) is 40.0 Å². The summed E-state index contributed by atoms with van der Waals surface area (Å²) in [5, 5.41) is 7.03. The Hall–Kier alpha value is -2.31. The van der Waals surface area contributed by atoms with Crippen LogP contribution in [0.2, 0.25) is 0 Å². The lowest BCUT2D eigenvalue weighted by atomic mass is 10.1. The minimum Gasteiger partial charge on any atom is -0.444 e. The van der Waals surface area contributed by atoms with Gasteiger partial charge in [-0.25, -0.2) is 9.48 Å². The quantitative estimate of drug-likeness (QED) is 0.845. The largest absolute Gasteiger partial charge is 0.444 e. The molecule has 0 aromatic carbocycles. The Kier molecular flexibility index (Phi) is 4.34. The van der Waals surface area contributed by atoms with Crippen molar-refractivity contribution < 1.29 is 14.3 Å². The number of aryl methyl sites for hydroxylation is 1. The van der Waals surface area contributed by atoms with Crippen molar-refractivity contribution in [2.75, 3.05) is 16.8 Å². The predicted molar refractivity (Wildman–Crippen MR) is 90.9 cm³/mol. The summed E-state index contributed by atoms with van der Waals surface area (Å²) in [4.78, 5) is 26.6.